The zero-order valence-corrected chi connectivity index (χ0v) is 16.2. The van der Waals surface area contributed by atoms with Crippen molar-refractivity contribution >= 4 is 29.0 Å². The topological polar surface area (TPSA) is 97.5 Å². The Balaban J connectivity index is 1.45. The number of nitrogens with two attached hydrogens (primary N) is 1. The second kappa shape index (κ2) is 7.40. The van der Waals surface area contributed by atoms with Crippen molar-refractivity contribution in [2.75, 3.05) is 43.4 Å². The largest absolute Gasteiger partial charge is 0.384 e. The number of hydrogen-bond acceptors (Lipinski definition) is 8. The maximum atomic E-state index is 12.9. The predicted molar refractivity (Wildman–Crippen MR) is 104 cm³/mol. The number of carbonyl (C=O) groups excluding carboxylic acids is 1. The van der Waals surface area contributed by atoms with Crippen LogP contribution in [0.5, 0.6) is 0 Å². The molecule has 0 radical (unpaired) electrons. The number of nitrogens with zero attached hydrogens (tertiary/aromatic N) is 5. The summed E-state index contributed by atoms with van der Waals surface area (Å²) in [6, 6.07) is 1.67. The molecule has 2 N–H and O–H groups in total. The highest BCUT2D eigenvalue weighted by atomic mass is 32.1. The van der Waals surface area contributed by atoms with E-state index < -0.39 is 0 Å². The van der Waals surface area contributed by atoms with Crippen molar-refractivity contribution in [1.29, 1.82) is 0 Å². The third kappa shape index (κ3) is 3.74. The molecule has 9 heteroatoms. The number of rotatable bonds is 4. The van der Waals surface area contributed by atoms with Crippen LogP contribution < -0.4 is 10.6 Å². The molecule has 2 aromatic heterocycles. The van der Waals surface area contributed by atoms with Gasteiger partial charge in [-0.3, -0.25) is 4.79 Å². The Labute approximate surface area is 162 Å². The molecule has 0 aromatic carbocycles. The van der Waals surface area contributed by atoms with E-state index in [9.17, 15) is 4.79 Å². The molecule has 8 nitrogen and oxygen atoms in total. The fourth-order valence-corrected chi connectivity index (χ4v) is 4.57. The van der Waals surface area contributed by atoms with Gasteiger partial charge in [-0.15, -0.1) is 11.3 Å². The first-order chi connectivity index (χ1) is 13.1. The van der Waals surface area contributed by atoms with Gasteiger partial charge in [0.25, 0.3) is 5.91 Å². The van der Waals surface area contributed by atoms with E-state index in [1.807, 2.05) is 10.3 Å². The van der Waals surface area contributed by atoms with Gasteiger partial charge in [0, 0.05) is 24.7 Å². The lowest BCUT2D eigenvalue weighted by atomic mass is 10.0. The molecule has 27 heavy (non-hydrogen) atoms. The molecule has 0 bridgehead atoms. The zero-order valence-electron chi connectivity index (χ0n) is 15.4. The number of nitrogen functional groups attached to an aromatic ring is 1. The lowest BCUT2D eigenvalue weighted by Gasteiger charge is -2.40. The van der Waals surface area contributed by atoms with Crippen LogP contribution in [0.3, 0.4) is 0 Å². The maximum absolute atomic E-state index is 12.9. The van der Waals surface area contributed by atoms with Crippen molar-refractivity contribution in [2.24, 2.45) is 0 Å². The SMILES string of the molecule is CCCc1nc(C(=O)N2CCOC3(CCN(c4nccc(N)n4)C3)C2)cs1. The molecule has 1 atom stereocenters. The average molecular weight is 388 g/mol. The van der Waals surface area contributed by atoms with Crippen molar-refractivity contribution in [2.45, 2.75) is 31.8 Å². The summed E-state index contributed by atoms with van der Waals surface area (Å²) >= 11 is 1.56. The molecule has 4 rings (SSSR count). The van der Waals surface area contributed by atoms with Crippen molar-refractivity contribution in [3.63, 3.8) is 0 Å². The number of hydrogen-bond donors (Lipinski definition) is 1. The summed E-state index contributed by atoms with van der Waals surface area (Å²) < 4.78 is 6.13. The van der Waals surface area contributed by atoms with Gasteiger partial charge in [-0.05, 0) is 25.3 Å². The van der Waals surface area contributed by atoms with E-state index in [-0.39, 0.29) is 11.5 Å². The van der Waals surface area contributed by atoms with Crippen LogP contribution in [0.25, 0.3) is 0 Å². The molecule has 1 spiro atoms. The number of anilines is 2. The maximum Gasteiger partial charge on any atom is 0.273 e. The third-order valence-electron chi connectivity index (χ3n) is 5.03. The Morgan fingerprint density at radius 3 is 3.07 bits per heavy atom. The first-order valence-electron chi connectivity index (χ1n) is 9.30. The second-order valence-electron chi connectivity index (χ2n) is 7.09. The monoisotopic (exact) mass is 388 g/mol. The lowest BCUT2D eigenvalue weighted by Crippen LogP contribution is -2.55. The van der Waals surface area contributed by atoms with Crippen molar-refractivity contribution < 1.29 is 9.53 Å². The number of ether oxygens (including phenoxy) is 1. The van der Waals surface area contributed by atoms with Crippen LogP contribution in [-0.4, -0.2) is 64.1 Å². The smallest absolute Gasteiger partial charge is 0.273 e. The van der Waals surface area contributed by atoms with E-state index in [2.05, 4.69) is 26.8 Å². The first kappa shape index (κ1) is 18.1. The molecule has 2 fully saturated rings. The van der Waals surface area contributed by atoms with Gasteiger partial charge in [-0.2, -0.15) is 4.98 Å². The van der Waals surface area contributed by atoms with Crippen LogP contribution in [-0.2, 0) is 11.2 Å². The summed E-state index contributed by atoms with van der Waals surface area (Å²) in [5, 5.41) is 2.89. The minimum atomic E-state index is -0.385. The highest BCUT2D eigenvalue weighted by molar-refractivity contribution is 7.09. The van der Waals surface area contributed by atoms with Gasteiger partial charge in [0.15, 0.2) is 0 Å². The van der Waals surface area contributed by atoms with Crippen LogP contribution in [0.1, 0.15) is 35.3 Å². The summed E-state index contributed by atoms with van der Waals surface area (Å²) in [7, 11) is 0. The van der Waals surface area contributed by atoms with Crippen LogP contribution in [0.4, 0.5) is 11.8 Å². The van der Waals surface area contributed by atoms with Gasteiger partial charge in [-0.1, -0.05) is 6.92 Å². The van der Waals surface area contributed by atoms with E-state index in [1.54, 1.807) is 23.6 Å². The number of aromatic nitrogens is 3. The molecule has 2 saturated heterocycles. The molecule has 2 aliphatic heterocycles. The Kier molecular flexibility index (Phi) is 4.96. The van der Waals surface area contributed by atoms with Gasteiger partial charge in [0.2, 0.25) is 5.95 Å². The lowest BCUT2D eigenvalue weighted by molar-refractivity contribution is -0.0857. The van der Waals surface area contributed by atoms with Crippen LogP contribution in [0.15, 0.2) is 17.6 Å². The molecular weight excluding hydrogens is 364 g/mol. The van der Waals surface area contributed by atoms with Crippen LogP contribution >= 0.6 is 11.3 Å². The first-order valence-corrected chi connectivity index (χ1v) is 10.2. The van der Waals surface area contributed by atoms with Crippen LogP contribution in [0.2, 0.25) is 0 Å². The molecule has 0 aliphatic carbocycles. The molecule has 144 valence electrons. The molecule has 4 heterocycles. The number of morpholine rings is 1. The number of thiazole rings is 1. The molecule has 2 aliphatic rings. The molecule has 2 aromatic rings. The van der Waals surface area contributed by atoms with E-state index in [4.69, 9.17) is 10.5 Å². The summed E-state index contributed by atoms with van der Waals surface area (Å²) in [6.45, 7) is 5.23. The minimum Gasteiger partial charge on any atom is -0.384 e. The summed E-state index contributed by atoms with van der Waals surface area (Å²) in [6.07, 6.45) is 4.44. The zero-order chi connectivity index (χ0) is 18.9. The number of carbonyl (C=O) groups is 1. The predicted octanol–water partition coefficient (Wildman–Crippen LogP) is 1.59. The quantitative estimate of drug-likeness (QED) is 0.849. The minimum absolute atomic E-state index is 0.00469. The third-order valence-corrected chi connectivity index (χ3v) is 5.94. The summed E-state index contributed by atoms with van der Waals surface area (Å²) in [5.41, 5.74) is 5.94. The molecule has 1 unspecified atom stereocenters. The standard InChI is InChI=1S/C18H24N6O2S/c1-2-3-15-21-13(10-27-15)16(25)23-8-9-26-18(11-23)5-7-24(12-18)17-20-6-4-14(19)22-17/h4,6,10H,2-3,5,7-9,11-12H2,1H3,(H2,19,20,22). The van der Waals surface area contributed by atoms with Gasteiger partial charge in [0.1, 0.15) is 17.1 Å². The van der Waals surface area contributed by atoms with Crippen LogP contribution in [0, 0.1) is 0 Å². The number of aryl methyl sites for hydroxylation is 1. The average Bonchev–Trinajstić information content (AvgIpc) is 3.29. The van der Waals surface area contributed by atoms with Crippen molar-refractivity contribution in [3.8, 4) is 0 Å². The van der Waals surface area contributed by atoms with E-state index >= 15 is 0 Å². The van der Waals surface area contributed by atoms with Crippen molar-refractivity contribution in [3.05, 3.63) is 28.3 Å². The van der Waals surface area contributed by atoms with Gasteiger partial charge < -0.3 is 20.3 Å². The Morgan fingerprint density at radius 1 is 1.37 bits per heavy atom. The molecule has 1 amide bonds. The fourth-order valence-electron chi connectivity index (χ4n) is 3.69. The molecular formula is C18H24N6O2S. The summed E-state index contributed by atoms with van der Waals surface area (Å²) in [4.78, 5) is 30.0. The highest BCUT2D eigenvalue weighted by Gasteiger charge is 2.45. The highest BCUT2D eigenvalue weighted by Crippen LogP contribution is 2.32. The van der Waals surface area contributed by atoms with Gasteiger partial charge in [-0.25, -0.2) is 9.97 Å². The Hall–Kier alpha value is -2.26. The van der Waals surface area contributed by atoms with E-state index in [0.717, 1.165) is 30.8 Å². The van der Waals surface area contributed by atoms with Gasteiger partial charge >= 0.3 is 0 Å². The second-order valence-corrected chi connectivity index (χ2v) is 8.03. The van der Waals surface area contributed by atoms with E-state index in [1.165, 1.54) is 0 Å². The van der Waals surface area contributed by atoms with Gasteiger partial charge in [0.05, 0.1) is 24.7 Å². The number of amides is 1. The van der Waals surface area contributed by atoms with Crippen molar-refractivity contribution in [1.82, 2.24) is 19.9 Å². The summed E-state index contributed by atoms with van der Waals surface area (Å²) in [5.74, 6) is 1.06. The molecule has 0 saturated carbocycles. The Morgan fingerprint density at radius 2 is 2.26 bits per heavy atom. The Bertz CT molecular complexity index is 828. The fraction of sp³-hybridized carbons (Fsp3) is 0.556. The normalized spacial score (nSPS) is 22.6. The van der Waals surface area contributed by atoms with E-state index in [0.29, 0.717) is 43.7 Å².